The van der Waals surface area contributed by atoms with Gasteiger partial charge in [-0.15, -0.1) is 11.3 Å². The van der Waals surface area contributed by atoms with E-state index >= 15 is 0 Å². The largest absolute Gasteiger partial charge is 0.469 e. The van der Waals surface area contributed by atoms with E-state index in [-0.39, 0.29) is 17.9 Å². The van der Waals surface area contributed by atoms with Gasteiger partial charge in [-0.25, -0.2) is 0 Å². The van der Waals surface area contributed by atoms with Gasteiger partial charge in [-0.3, -0.25) is 9.69 Å². The summed E-state index contributed by atoms with van der Waals surface area (Å²) >= 11 is 1.87. The van der Waals surface area contributed by atoms with Crippen molar-refractivity contribution in [2.75, 3.05) is 20.2 Å². The summed E-state index contributed by atoms with van der Waals surface area (Å²) in [5.41, 5.74) is 1.47. The van der Waals surface area contributed by atoms with E-state index < -0.39 is 0 Å². The molecular formula is C17H19NO2S. The topological polar surface area (TPSA) is 29.5 Å². The Morgan fingerprint density at radius 3 is 3.05 bits per heavy atom. The highest BCUT2D eigenvalue weighted by molar-refractivity contribution is 7.19. The fourth-order valence-electron chi connectivity index (χ4n) is 3.93. The number of ether oxygens (including phenoxy) is 1. The molecule has 0 N–H and O–H groups in total. The summed E-state index contributed by atoms with van der Waals surface area (Å²) in [5, 5.41) is 1.38. The normalized spacial score (nSPS) is 25.4. The van der Waals surface area contributed by atoms with Crippen LogP contribution in [0.4, 0.5) is 0 Å². The van der Waals surface area contributed by atoms with Gasteiger partial charge in [0.05, 0.1) is 19.1 Å². The van der Waals surface area contributed by atoms with Crippen molar-refractivity contribution in [3.63, 3.8) is 0 Å². The van der Waals surface area contributed by atoms with Gasteiger partial charge in [-0.1, -0.05) is 18.2 Å². The van der Waals surface area contributed by atoms with Crippen LogP contribution >= 0.6 is 11.3 Å². The molecular weight excluding hydrogens is 282 g/mol. The van der Waals surface area contributed by atoms with Gasteiger partial charge in [0, 0.05) is 16.1 Å². The molecule has 0 aliphatic carbocycles. The summed E-state index contributed by atoms with van der Waals surface area (Å²) in [6.07, 6.45) is 3.14. The Hall–Kier alpha value is -1.39. The minimum Gasteiger partial charge on any atom is -0.469 e. The number of methoxy groups -OCH3 is 1. The lowest BCUT2D eigenvalue weighted by atomic mass is 9.83. The van der Waals surface area contributed by atoms with Crippen LogP contribution in [0.25, 0.3) is 10.1 Å². The molecule has 3 heterocycles. The third-order valence-electron chi connectivity index (χ3n) is 4.89. The average molecular weight is 301 g/mol. The molecule has 21 heavy (non-hydrogen) atoms. The maximum absolute atomic E-state index is 12.2. The van der Waals surface area contributed by atoms with Gasteiger partial charge in [0.1, 0.15) is 0 Å². The molecule has 0 saturated carbocycles. The molecule has 3 nitrogen and oxygen atoms in total. The second kappa shape index (κ2) is 5.11. The minimum absolute atomic E-state index is 0.00383. The molecule has 2 aliphatic heterocycles. The molecule has 0 bridgehead atoms. The molecule has 1 fully saturated rings. The number of benzene rings is 1. The fraction of sp³-hybridized carbons (Fsp3) is 0.471. The SMILES string of the molecule is COC(=O)[C@@H]1CCCN2CCc3c(sc4ccccc34)[C@@H]12. The molecule has 110 valence electrons. The zero-order valence-corrected chi connectivity index (χ0v) is 13.0. The standard InChI is InChI=1S/C17H19NO2S/c1-20-17(19)13-6-4-9-18-10-8-12-11-5-2-3-7-14(11)21-16(12)15(13)18/h2-3,5,7,13,15H,4,6,8-10H2,1H3/t13-,15-/m1/s1. The Kier molecular flexibility index (Phi) is 3.23. The lowest BCUT2D eigenvalue weighted by Crippen LogP contribution is -2.45. The maximum Gasteiger partial charge on any atom is 0.310 e. The zero-order valence-electron chi connectivity index (χ0n) is 12.2. The Morgan fingerprint density at radius 1 is 1.33 bits per heavy atom. The first-order valence-electron chi connectivity index (χ1n) is 7.62. The van der Waals surface area contributed by atoms with E-state index in [0.29, 0.717) is 0 Å². The van der Waals surface area contributed by atoms with Crippen LogP contribution in [-0.2, 0) is 16.0 Å². The minimum atomic E-state index is -0.0463. The molecule has 1 aromatic carbocycles. The van der Waals surface area contributed by atoms with Gasteiger partial charge >= 0.3 is 5.97 Å². The van der Waals surface area contributed by atoms with E-state index in [0.717, 1.165) is 32.4 Å². The van der Waals surface area contributed by atoms with E-state index in [1.807, 2.05) is 11.3 Å². The van der Waals surface area contributed by atoms with E-state index in [1.54, 1.807) is 0 Å². The third kappa shape index (κ3) is 2.00. The van der Waals surface area contributed by atoms with Crippen LogP contribution in [-0.4, -0.2) is 31.1 Å². The number of fused-ring (bicyclic) bond motifs is 5. The summed E-state index contributed by atoms with van der Waals surface area (Å²) in [4.78, 5) is 16.1. The van der Waals surface area contributed by atoms with Crippen molar-refractivity contribution in [3.8, 4) is 0 Å². The number of nitrogens with zero attached hydrogens (tertiary/aromatic N) is 1. The number of carbonyl (C=O) groups is 1. The number of hydrogen-bond donors (Lipinski definition) is 0. The third-order valence-corrected chi connectivity index (χ3v) is 6.17. The van der Waals surface area contributed by atoms with Crippen LogP contribution in [0.15, 0.2) is 24.3 Å². The van der Waals surface area contributed by atoms with Crippen molar-refractivity contribution >= 4 is 27.4 Å². The van der Waals surface area contributed by atoms with Gasteiger partial charge in [-0.2, -0.15) is 0 Å². The number of carbonyl (C=O) groups excluding carboxylic acids is 1. The van der Waals surface area contributed by atoms with Crippen LogP contribution in [0.2, 0.25) is 0 Å². The van der Waals surface area contributed by atoms with Crippen LogP contribution in [0, 0.1) is 5.92 Å². The summed E-state index contributed by atoms with van der Waals surface area (Å²) in [5.74, 6) is -0.0501. The maximum atomic E-state index is 12.2. The van der Waals surface area contributed by atoms with E-state index in [9.17, 15) is 4.79 Å². The first-order chi connectivity index (χ1) is 10.3. The lowest BCUT2D eigenvalue weighted by Gasteiger charge is -2.42. The molecule has 4 heteroatoms. The molecule has 2 atom stereocenters. The van der Waals surface area contributed by atoms with E-state index in [2.05, 4.69) is 29.2 Å². The van der Waals surface area contributed by atoms with E-state index in [4.69, 9.17) is 4.74 Å². The van der Waals surface area contributed by atoms with Crippen molar-refractivity contribution < 1.29 is 9.53 Å². The second-order valence-corrected chi connectivity index (χ2v) is 7.03. The summed E-state index contributed by atoms with van der Waals surface area (Å²) in [7, 11) is 1.51. The van der Waals surface area contributed by atoms with Crippen molar-refractivity contribution in [1.82, 2.24) is 4.90 Å². The molecule has 0 amide bonds. The van der Waals surface area contributed by atoms with Gasteiger partial charge < -0.3 is 4.74 Å². The highest BCUT2D eigenvalue weighted by Crippen LogP contribution is 2.47. The van der Waals surface area contributed by atoms with Crippen LogP contribution in [0.1, 0.15) is 29.3 Å². The smallest absolute Gasteiger partial charge is 0.310 e. The Bertz CT molecular complexity index is 693. The molecule has 0 spiro atoms. The van der Waals surface area contributed by atoms with Crippen LogP contribution in [0.3, 0.4) is 0 Å². The number of piperidine rings is 1. The molecule has 1 aromatic heterocycles. The van der Waals surface area contributed by atoms with Crippen molar-refractivity contribution in [3.05, 3.63) is 34.7 Å². The second-order valence-electron chi connectivity index (χ2n) is 5.94. The van der Waals surface area contributed by atoms with Crippen LogP contribution in [0.5, 0.6) is 0 Å². The zero-order chi connectivity index (χ0) is 14.4. The Balaban J connectivity index is 1.85. The number of thiophene rings is 1. The summed E-state index contributed by atoms with van der Waals surface area (Å²) < 4.78 is 6.41. The average Bonchev–Trinajstić information content (AvgIpc) is 2.92. The first kappa shape index (κ1) is 13.3. The molecule has 0 unspecified atom stereocenters. The van der Waals surface area contributed by atoms with Crippen molar-refractivity contribution in [1.29, 1.82) is 0 Å². The predicted octanol–water partition coefficient (Wildman–Crippen LogP) is 3.38. The number of esters is 1. The molecule has 1 saturated heterocycles. The predicted molar refractivity (Wildman–Crippen MR) is 84.6 cm³/mol. The summed E-state index contributed by atoms with van der Waals surface area (Å²) in [6.45, 7) is 2.16. The quantitative estimate of drug-likeness (QED) is 0.756. The summed E-state index contributed by atoms with van der Waals surface area (Å²) in [6, 6.07) is 8.85. The number of rotatable bonds is 1. The van der Waals surface area contributed by atoms with Gasteiger partial charge in [0.2, 0.25) is 0 Å². The fourth-order valence-corrected chi connectivity index (χ4v) is 5.39. The van der Waals surface area contributed by atoms with Gasteiger partial charge in [0.15, 0.2) is 0 Å². The van der Waals surface area contributed by atoms with E-state index in [1.165, 1.54) is 27.6 Å². The molecule has 2 aromatic rings. The lowest BCUT2D eigenvalue weighted by molar-refractivity contribution is -0.150. The number of hydrogen-bond acceptors (Lipinski definition) is 4. The van der Waals surface area contributed by atoms with Gasteiger partial charge in [0.25, 0.3) is 0 Å². The Labute approximate surface area is 128 Å². The first-order valence-corrected chi connectivity index (χ1v) is 8.43. The highest BCUT2D eigenvalue weighted by Gasteiger charge is 2.42. The van der Waals surface area contributed by atoms with Crippen LogP contribution < -0.4 is 0 Å². The van der Waals surface area contributed by atoms with Crippen molar-refractivity contribution in [2.45, 2.75) is 25.3 Å². The van der Waals surface area contributed by atoms with Crippen molar-refractivity contribution in [2.24, 2.45) is 5.92 Å². The molecule has 4 rings (SSSR count). The van der Waals surface area contributed by atoms with Gasteiger partial charge in [-0.05, 0) is 42.8 Å². The molecule has 0 radical (unpaired) electrons. The molecule has 2 aliphatic rings. The Morgan fingerprint density at radius 2 is 2.19 bits per heavy atom. The highest BCUT2D eigenvalue weighted by atomic mass is 32.1. The monoisotopic (exact) mass is 301 g/mol.